The third-order valence-corrected chi connectivity index (χ3v) is 7.24. The molecule has 1 heterocycles. The lowest BCUT2D eigenvalue weighted by molar-refractivity contribution is -0.113. The first-order valence-corrected chi connectivity index (χ1v) is 12.4. The largest absolute Gasteiger partial charge is 0.322 e. The van der Waals surface area contributed by atoms with Crippen molar-refractivity contribution in [1.29, 1.82) is 0 Å². The van der Waals surface area contributed by atoms with Crippen molar-refractivity contribution in [3.63, 3.8) is 0 Å². The van der Waals surface area contributed by atoms with Gasteiger partial charge >= 0.3 is 0 Å². The average Bonchev–Trinajstić information content (AvgIpc) is 3.04. The number of nitrogens with zero attached hydrogens (tertiary/aromatic N) is 3. The normalized spacial score (nSPS) is 11.0. The monoisotopic (exact) mass is 566 g/mol. The molecule has 5 nitrogen and oxygen atoms in total. The van der Waals surface area contributed by atoms with Gasteiger partial charge in [0.25, 0.3) is 0 Å². The molecule has 0 spiro atoms. The first kappa shape index (κ1) is 24.3. The van der Waals surface area contributed by atoms with Gasteiger partial charge in [-0.2, -0.15) is 0 Å². The van der Waals surface area contributed by atoms with Crippen LogP contribution in [0.2, 0.25) is 10.0 Å². The lowest BCUT2D eigenvalue weighted by Crippen LogP contribution is -2.16. The summed E-state index contributed by atoms with van der Waals surface area (Å²) in [4.78, 5) is 12.2. The Bertz CT molecular complexity index is 1090. The molecule has 164 valence electrons. The number of benzene rings is 2. The molecule has 0 saturated heterocycles. The molecule has 0 saturated carbocycles. The second-order valence-corrected chi connectivity index (χ2v) is 9.89. The lowest BCUT2D eigenvalue weighted by Gasteiger charge is -2.09. The summed E-state index contributed by atoms with van der Waals surface area (Å²) in [5.41, 5.74) is 0.867. The van der Waals surface area contributed by atoms with Gasteiger partial charge in [0.1, 0.15) is 11.6 Å². The topological polar surface area (TPSA) is 59.8 Å². The first-order chi connectivity index (χ1) is 14.7. The van der Waals surface area contributed by atoms with Crippen LogP contribution in [-0.4, -0.2) is 26.4 Å². The van der Waals surface area contributed by atoms with Crippen molar-refractivity contribution in [3.05, 3.63) is 67.9 Å². The number of hydrogen-bond acceptors (Lipinski definition) is 5. The van der Waals surface area contributed by atoms with E-state index in [0.29, 0.717) is 32.8 Å². The quantitative estimate of drug-likeness (QED) is 0.322. The summed E-state index contributed by atoms with van der Waals surface area (Å²) in [5.74, 6) is -0.0289. The van der Waals surface area contributed by atoms with Gasteiger partial charge in [-0.1, -0.05) is 41.0 Å². The summed E-state index contributed by atoms with van der Waals surface area (Å²) in [5, 5.41) is 12.4. The predicted molar refractivity (Wildman–Crippen MR) is 126 cm³/mol. The Morgan fingerprint density at radius 1 is 1.19 bits per heavy atom. The highest BCUT2D eigenvalue weighted by Crippen LogP contribution is 2.28. The van der Waals surface area contributed by atoms with Gasteiger partial charge < -0.3 is 9.88 Å². The van der Waals surface area contributed by atoms with Gasteiger partial charge in [0, 0.05) is 33.4 Å². The van der Waals surface area contributed by atoms with E-state index in [4.69, 9.17) is 23.2 Å². The van der Waals surface area contributed by atoms with Gasteiger partial charge in [0.2, 0.25) is 5.91 Å². The molecular formula is C19H15BrCl2F2N4OS2. The van der Waals surface area contributed by atoms with Crippen LogP contribution in [0.4, 0.5) is 14.5 Å². The van der Waals surface area contributed by atoms with Crippen LogP contribution in [0.15, 0.2) is 40.0 Å². The van der Waals surface area contributed by atoms with E-state index in [1.807, 2.05) is 13.1 Å². The molecule has 0 unspecified atom stereocenters. The third-order valence-electron chi connectivity index (χ3n) is 4.03. The van der Waals surface area contributed by atoms with E-state index in [-0.39, 0.29) is 15.9 Å². The molecule has 0 aliphatic heterocycles. The van der Waals surface area contributed by atoms with Crippen molar-refractivity contribution < 1.29 is 13.6 Å². The van der Waals surface area contributed by atoms with E-state index < -0.39 is 17.5 Å². The molecule has 3 rings (SSSR count). The molecular weight excluding hydrogens is 553 g/mol. The van der Waals surface area contributed by atoms with E-state index in [9.17, 15) is 13.6 Å². The van der Waals surface area contributed by atoms with Gasteiger partial charge in [-0.3, -0.25) is 4.79 Å². The number of hydrogen-bond donors (Lipinski definition) is 1. The van der Waals surface area contributed by atoms with Crippen LogP contribution in [0.3, 0.4) is 0 Å². The summed E-state index contributed by atoms with van der Waals surface area (Å²) in [6.45, 7) is 0. The fourth-order valence-corrected chi connectivity index (χ4v) is 5.25. The van der Waals surface area contributed by atoms with Crippen molar-refractivity contribution in [3.8, 4) is 0 Å². The van der Waals surface area contributed by atoms with Crippen LogP contribution in [0.5, 0.6) is 0 Å². The van der Waals surface area contributed by atoms with E-state index in [2.05, 4.69) is 31.4 Å². The standard InChI is InChI=1S/C19H15BrCl2F2N4OS2/c1-28-16(8-30-7-10-2-3-11(21)4-14(10)22)26-27-19(28)31-9-17(29)25-18-13(20)5-12(23)6-15(18)24/h2-6H,7-9H2,1H3,(H,25,29). The number of nitrogens with one attached hydrogen (secondary N) is 1. The first-order valence-electron chi connectivity index (χ1n) is 8.71. The Hall–Kier alpha value is -1.33. The number of anilines is 1. The molecule has 12 heteroatoms. The molecule has 0 atom stereocenters. The summed E-state index contributed by atoms with van der Waals surface area (Å²) >= 11 is 17.9. The summed E-state index contributed by atoms with van der Waals surface area (Å²) in [6.07, 6.45) is 0. The van der Waals surface area contributed by atoms with Gasteiger partial charge in [-0.05, 0) is 39.7 Å². The van der Waals surface area contributed by atoms with Gasteiger partial charge in [-0.15, -0.1) is 22.0 Å². The number of carbonyl (C=O) groups is 1. The molecule has 1 N–H and O–H groups in total. The Kier molecular flexibility index (Phi) is 8.63. The zero-order valence-electron chi connectivity index (χ0n) is 16.0. The molecule has 2 aromatic carbocycles. The van der Waals surface area contributed by atoms with Gasteiger partial charge in [-0.25, -0.2) is 8.78 Å². The van der Waals surface area contributed by atoms with Crippen LogP contribution in [0.1, 0.15) is 11.4 Å². The summed E-state index contributed by atoms with van der Waals surface area (Å²) < 4.78 is 28.9. The van der Waals surface area contributed by atoms with Crippen LogP contribution in [0.25, 0.3) is 0 Å². The van der Waals surface area contributed by atoms with Crippen LogP contribution in [-0.2, 0) is 23.3 Å². The number of amides is 1. The van der Waals surface area contributed by atoms with E-state index in [0.717, 1.165) is 29.2 Å². The molecule has 0 aliphatic rings. The highest BCUT2D eigenvalue weighted by atomic mass is 79.9. The highest BCUT2D eigenvalue weighted by Gasteiger charge is 2.15. The Morgan fingerprint density at radius 2 is 1.97 bits per heavy atom. The van der Waals surface area contributed by atoms with Crippen molar-refractivity contribution in [2.75, 3.05) is 11.1 Å². The van der Waals surface area contributed by atoms with Crippen LogP contribution < -0.4 is 5.32 Å². The van der Waals surface area contributed by atoms with Crippen molar-refractivity contribution in [1.82, 2.24) is 14.8 Å². The van der Waals surface area contributed by atoms with Crippen molar-refractivity contribution in [2.24, 2.45) is 7.05 Å². The minimum atomic E-state index is -0.857. The molecule has 31 heavy (non-hydrogen) atoms. The molecule has 0 fully saturated rings. The van der Waals surface area contributed by atoms with Crippen molar-refractivity contribution >= 4 is 74.3 Å². The smallest absolute Gasteiger partial charge is 0.234 e. The third kappa shape index (κ3) is 6.58. The Morgan fingerprint density at radius 3 is 2.68 bits per heavy atom. The fraction of sp³-hybridized carbons (Fsp3) is 0.211. The highest BCUT2D eigenvalue weighted by molar-refractivity contribution is 9.10. The SMILES string of the molecule is Cn1c(CSCc2ccc(Cl)cc2Cl)nnc1SCC(=O)Nc1c(F)cc(F)cc1Br. The predicted octanol–water partition coefficient (Wildman–Crippen LogP) is 6.33. The van der Waals surface area contributed by atoms with Crippen LogP contribution in [0, 0.1) is 11.6 Å². The molecule has 1 amide bonds. The lowest BCUT2D eigenvalue weighted by atomic mass is 10.2. The van der Waals surface area contributed by atoms with E-state index in [1.165, 1.54) is 0 Å². The number of thioether (sulfide) groups is 2. The molecule has 1 aromatic heterocycles. The number of aromatic nitrogens is 3. The fourth-order valence-electron chi connectivity index (χ4n) is 2.45. The average molecular weight is 568 g/mol. The zero-order chi connectivity index (χ0) is 22.5. The number of carbonyl (C=O) groups excluding carboxylic acids is 1. The Labute approximate surface area is 204 Å². The van der Waals surface area contributed by atoms with Crippen molar-refractivity contribution in [2.45, 2.75) is 16.7 Å². The zero-order valence-corrected chi connectivity index (χ0v) is 20.7. The second kappa shape index (κ2) is 11.0. The molecule has 0 bridgehead atoms. The summed E-state index contributed by atoms with van der Waals surface area (Å²) in [6, 6.07) is 7.17. The Balaban J connectivity index is 1.52. The number of halogens is 5. The maximum absolute atomic E-state index is 13.9. The molecule has 3 aromatic rings. The maximum atomic E-state index is 13.9. The molecule has 0 aliphatic carbocycles. The van der Waals surface area contributed by atoms with Gasteiger partial charge in [0.15, 0.2) is 11.0 Å². The minimum absolute atomic E-state index is 0.0112. The van der Waals surface area contributed by atoms with E-state index >= 15 is 0 Å². The van der Waals surface area contributed by atoms with E-state index in [1.54, 1.807) is 28.5 Å². The van der Waals surface area contributed by atoms with Crippen LogP contribution >= 0.6 is 62.7 Å². The molecule has 0 radical (unpaired) electrons. The minimum Gasteiger partial charge on any atom is -0.322 e. The summed E-state index contributed by atoms with van der Waals surface area (Å²) in [7, 11) is 1.81. The second-order valence-electron chi connectivity index (χ2n) is 6.27. The number of rotatable bonds is 8. The maximum Gasteiger partial charge on any atom is 0.234 e. The van der Waals surface area contributed by atoms with Gasteiger partial charge in [0.05, 0.1) is 17.2 Å².